The molecule has 102 valence electrons. The molecular weight excluding hydrogens is 248 g/mol. The summed E-state index contributed by atoms with van der Waals surface area (Å²) in [6, 6.07) is 0. The molecule has 0 rings (SSSR count). The fourth-order valence-corrected chi connectivity index (χ4v) is 4.92. The summed E-state index contributed by atoms with van der Waals surface area (Å²) >= 11 is 0. The van der Waals surface area contributed by atoms with Crippen LogP contribution in [0.5, 0.6) is 0 Å². The lowest BCUT2D eigenvalue weighted by molar-refractivity contribution is 0.0169. The minimum absolute atomic E-state index is 0. The molecule has 0 saturated carbocycles. The number of hydrogen-bond donors (Lipinski definition) is 0. The molecule has 0 aliphatic heterocycles. The maximum atomic E-state index is 5.54. The van der Waals surface area contributed by atoms with Gasteiger partial charge in [0.05, 0.1) is 0 Å². The van der Waals surface area contributed by atoms with E-state index in [4.69, 9.17) is 26.2 Å². The third-order valence-electron chi connectivity index (χ3n) is 1.80. The lowest BCUT2D eigenvalue weighted by Gasteiger charge is -2.31. The van der Waals surface area contributed by atoms with Crippen molar-refractivity contribution in [3.05, 3.63) is 0 Å². The van der Waals surface area contributed by atoms with Crippen molar-refractivity contribution in [2.45, 2.75) is 21.4 Å². The highest BCUT2D eigenvalue weighted by atomic mass is 28.5. The topological polar surface area (TPSA) is 55.4 Å². The van der Waals surface area contributed by atoms with E-state index in [1.54, 1.807) is 6.55 Å². The molecule has 0 aromatic carbocycles. The van der Waals surface area contributed by atoms with Crippen LogP contribution in [0, 0.1) is 0 Å². The molecule has 0 saturated heterocycles. The van der Waals surface area contributed by atoms with Crippen molar-refractivity contribution < 1.29 is 26.2 Å². The molecule has 0 fully saturated rings. The Morgan fingerprint density at radius 2 is 0.938 bits per heavy atom. The molecule has 0 amide bonds. The van der Waals surface area contributed by atoms with E-state index >= 15 is 0 Å². The number of hydrogen-bond acceptors (Lipinski definition) is 6. The van der Waals surface area contributed by atoms with Gasteiger partial charge in [-0.15, -0.1) is 0 Å². The molecule has 0 aliphatic carbocycles. The minimum atomic E-state index is -3.08. The van der Waals surface area contributed by atoms with Crippen molar-refractivity contribution >= 4 is 17.9 Å². The first-order chi connectivity index (χ1) is 6.51. The van der Waals surface area contributed by atoms with Crippen molar-refractivity contribution in [1.82, 2.24) is 0 Å². The summed E-state index contributed by atoms with van der Waals surface area (Å²) in [6.07, 6.45) is 0. The van der Waals surface area contributed by atoms with Crippen LogP contribution >= 0.6 is 0 Å². The lowest BCUT2D eigenvalue weighted by Crippen LogP contribution is -2.57. The fourth-order valence-electron chi connectivity index (χ4n) is 0.769. The van der Waals surface area contributed by atoms with E-state index < -0.39 is 17.9 Å². The summed E-state index contributed by atoms with van der Waals surface area (Å²) in [6.45, 7) is 1.73. The van der Waals surface area contributed by atoms with Crippen molar-refractivity contribution in [3.8, 4) is 0 Å². The van der Waals surface area contributed by atoms with Crippen molar-refractivity contribution in [2.75, 3.05) is 35.5 Å². The largest absolute Gasteiger partial charge is 0.671 e. The maximum absolute atomic E-state index is 5.54. The Morgan fingerprint density at radius 1 is 0.625 bits per heavy atom. The second-order valence-corrected chi connectivity index (χ2v) is 8.07. The highest BCUT2D eigenvalue weighted by Gasteiger charge is 2.51. The zero-order valence-corrected chi connectivity index (χ0v) is 11.4. The summed E-state index contributed by atoms with van der Waals surface area (Å²) < 4.78 is 31.1. The first kappa shape index (κ1) is 21.5. The summed E-state index contributed by atoms with van der Waals surface area (Å²) in [5.41, 5.74) is 0. The Labute approximate surface area is 102 Å². The van der Waals surface area contributed by atoms with Crippen LogP contribution in [-0.2, 0) is 26.2 Å². The Kier molecular flexibility index (Phi) is 12.4. The van der Waals surface area contributed by atoms with Gasteiger partial charge in [-0.1, -0.05) is 14.9 Å². The zero-order chi connectivity index (χ0) is 11.2. The van der Waals surface area contributed by atoms with Crippen molar-refractivity contribution in [2.24, 2.45) is 0 Å². The second-order valence-electron chi connectivity index (χ2n) is 2.49. The van der Waals surface area contributed by atoms with Crippen LogP contribution in [0.1, 0.15) is 14.9 Å². The van der Waals surface area contributed by atoms with Gasteiger partial charge in [-0.05, 0) is 0 Å². The predicted octanol–water partition coefficient (Wildman–Crippen LogP) is 1.51. The van der Waals surface area contributed by atoms with Crippen molar-refractivity contribution in [1.29, 1.82) is 0 Å². The van der Waals surface area contributed by atoms with E-state index in [1.807, 2.05) is 0 Å². The standard InChI is InChI=1S/C6H18O6Si2.2CH4/c1-7-13(6,8-2)12-14(9-3,10-4)11-5;;/h1-6H3;2*1H4. The molecular formula is C8H26O6Si2. The van der Waals surface area contributed by atoms with Gasteiger partial charge < -0.3 is 26.2 Å². The van der Waals surface area contributed by atoms with Gasteiger partial charge in [0.2, 0.25) is 0 Å². The van der Waals surface area contributed by atoms with Crippen LogP contribution in [0.25, 0.3) is 0 Å². The minimum Gasteiger partial charge on any atom is -0.377 e. The van der Waals surface area contributed by atoms with E-state index in [1.165, 1.54) is 35.5 Å². The number of rotatable bonds is 7. The molecule has 0 aromatic heterocycles. The van der Waals surface area contributed by atoms with E-state index in [2.05, 4.69) is 0 Å². The van der Waals surface area contributed by atoms with Gasteiger partial charge in [-0.2, -0.15) is 0 Å². The summed E-state index contributed by atoms with van der Waals surface area (Å²) in [7, 11) is 1.60. The van der Waals surface area contributed by atoms with E-state index in [0.717, 1.165) is 0 Å². The fraction of sp³-hybridized carbons (Fsp3) is 1.00. The average molecular weight is 274 g/mol. The quantitative estimate of drug-likeness (QED) is 0.656. The van der Waals surface area contributed by atoms with Gasteiger partial charge in [0.1, 0.15) is 0 Å². The molecule has 0 heterocycles. The van der Waals surface area contributed by atoms with Crippen LogP contribution in [0.2, 0.25) is 6.55 Å². The molecule has 0 atom stereocenters. The molecule has 16 heavy (non-hydrogen) atoms. The van der Waals surface area contributed by atoms with Gasteiger partial charge in [-0.3, -0.25) is 0 Å². The van der Waals surface area contributed by atoms with Crippen LogP contribution in [0.4, 0.5) is 0 Å². The Morgan fingerprint density at radius 3 is 1.12 bits per heavy atom. The van der Waals surface area contributed by atoms with Gasteiger partial charge >= 0.3 is 17.9 Å². The maximum Gasteiger partial charge on any atom is 0.671 e. The first-order valence-corrected chi connectivity index (χ1v) is 7.83. The molecule has 6 nitrogen and oxygen atoms in total. The molecule has 0 unspecified atom stereocenters. The first-order valence-electron chi connectivity index (χ1n) is 3.97. The molecule has 0 radical (unpaired) electrons. The van der Waals surface area contributed by atoms with Gasteiger partial charge in [0, 0.05) is 42.1 Å². The van der Waals surface area contributed by atoms with Crippen LogP contribution in [-0.4, -0.2) is 53.4 Å². The Balaban J connectivity index is -0.000000845. The van der Waals surface area contributed by atoms with Crippen LogP contribution in [0.15, 0.2) is 0 Å². The zero-order valence-electron chi connectivity index (χ0n) is 9.45. The van der Waals surface area contributed by atoms with Gasteiger partial charge in [0.15, 0.2) is 0 Å². The van der Waals surface area contributed by atoms with Crippen LogP contribution in [0.3, 0.4) is 0 Å². The predicted molar refractivity (Wildman–Crippen MR) is 67.0 cm³/mol. The Hall–Kier alpha value is 0.194. The third kappa shape index (κ3) is 5.50. The monoisotopic (exact) mass is 274 g/mol. The van der Waals surface area contributed by atoms with E-state index in [-0.39, 0.29) is 14.9 Å². The van der Waals surface area contributed by atoms with Crippen LogP contribution < -0.4 is 0 Å². The SMILES string of the molecule is C.C.CO[Si](C)(OC)O[Si](OC)(OC)OC. The smallest absolute Gasteiger partial charge is 0.377 e. The molecule has 0 aliphatic rings. The normalized spacial score (nSPS) is 11.6. The molecule has 8 heteroatoms. The molecule has 0 N–H and O–H groups in total. The Bertz CT molecular complexity index is 152. The molecule has 0 spiro atoms. The van der Waals surface area contributed by atoms with Gasteiger partial charge in [0.25, 0.3) is 0 Å². The van der Waals surface area contributed by atoms with E-state index in [9.17, 15) is 0 Å². The third-order valence-corrected chi connectivity index (χ3v) is 7.27. The lowest BCUT2D eigenvalue weighted by atomic mass is 11.8. The highest BCUT2D eigenvalue weighted by molar-refractivity contribution is 6.71. The summed E-state index contributed by atoms with van der Waals surface area (Å²) in [5.74, 6) is 0. The highest BCUT2D eigenvalue weighted by Crippen LogP contribution is 2.17. The van der Waals surface area contributed by atoms with E-state index in [0.29, 0.717) is 0 Å². The second kappa shape index (κ2) is 9.25. The molecule has 0 aromatic rings. The van der Waals surface area contributed by atoms with Gasteiger partial charge in [-0.25, -0.2) is 0 Å². The summed E-state index contributed by atoms with van der Waals surface area (Å²) in [5, 5.41) is 0. The van der Waals surface area contributed by atoms with Crippen molar-refractivity contribution in [3.63, 3.8) is 0 Å². The average Bonchev–Trinajstić information content (AvgIpc) is 2.26. The summed E-state index contributed by atoms with van der Waals surface area (Å²) in [4.78, 5) is 0. The molecule has 0 bridgehead atoms.